The number of rotatable bonds is 2. The molecule has 3 heterocycles. The highest BCUT2D eigenvalue weighted by Crippen LogP contribution is 2.55. The number of hydrogen-bond donors (Lipinski definition) is 2. The number of nitrogens with one attached hydrogen (secondary N) is 1. The summed E-state index contributed by atoms with van der Waals surface area (Å²) in [6.45, 7) is 6.45. The van der Waals surface area contributed by atoms with Gasteiger partial charge in [0.15, 0.2) is 0 Å². The van der Waals surface area contributed by atoms with Gasteiger partial charge >= 0.3 is 0 Å². The third-order valence-corrected chi connectivity index (χ3v) is 9.60. The minimum Gasteiger partial charge on any atom is -0.377 e. The molecule has 186 valence electrons. The maximum Gasteiger partial charge on any atom is 0.125 e. The van der Waals surface area contributed by atoms with Crippen molar-refractivity contribution in [2.45, 2.75) is 83.0 Å². The fourth-order valence-corrected chi connectivity index (χ4v) is 8.03. The average Bonchev–Trinajstić information content (AvgIpc) is 3.37. The summed E-state index contributed by atoms with van der Waals surface area (Å²) >= 11 is 6.55. The molecule has 7 heteroatoms. The SMILES string of the molecule is CC(C)C1C2C(NN1c1ccc(C#N)cc1)C(O)N1C2C2=C(C=C(Cl)CC2)[C@H]2CCC(C)C(F)C21. The van der Waals surface area contributed by atoms with E-state index in [4.69, 9.17) is 11.6 Å². The van der Waals surface area contributed by atoms with Crippen LogP contribution in [-0.4, -0.2) is 46.6 Å². The first-order valence-corrected chi connectivity index (χ1v) is 13.4. The minimum atomic E-state index is -0.972. The highest BCUT2D eigenvalue weighted by atomic mass is 35.5. The van der Waals surface area contributed by atoms with Gasteiger partial charge in [-0.05, 0) is 79.0 Å². The monoisotopic (exact) mass is 496 g/mol. The number of anilines is 1. The molecule has 2 N–H and O–H groups in total. The van der Waals surface area contributed by atoms with Crippen LogP contribution in [0.15, 0.2) is 46.5 Å². The standard InChI is InChI=1S/C28H34ClFN4O/c1-14(2)25-22-24(32-34(25)18-8-5-16(13-31)6-9-18)28(35)33-26(22)19-11-7-17(29)12-21(19)20-10-4-15(3)23(30)27(20)33/h5-6,8-9,12,14-15,20,22-28,32,35H,4,7,10-11H2,1-3H3/t15?,20-,22?,23?,24?,25?,26?,27?,28?/m1/s1. The molecule has 0 aromatic heterocycles. The van der Waals surface area contributed by atoms with Crippen molar-refractivity contribution >= 4 is 17.3 Å². The number of hydrogen-bond acceptors (Lipinski definition) is 5. The second kappa shape index (κ2) is 8.59. The van der Waals surface area contributed by atoms with Crippen molar-refractivity contribution in [1.82, 2.24) is 10.3 Å². The maximum atomic E-state index is 15.9. The lowest BCUT2D eigenvalue weighted by Crippen LogP contribution is -2.62. The van der Waals surface area contributed by atoms with Crippen LogP contribution in [0.4, 0.5) is 10.1 Å². The van der Waals surface area contributed by atoms with Gasteiger partial charge in [-0.15, -0.1) is 0 Å². The molecule has 5 nitrogen and oxygen atoms in total. The van der Waals surface area contributed by atoms with Gasteiger partial charge in [0.1, 0.15) is 12.4 Å². The van der Waals surface area contributed by atoms with Crippen LogP contribution >= 0.6 is 11.6 Å². The van der Waals surface area contributed by atoms with Crippen molar-refractivity contribution in [1.29, 1.82) is 5.26 Å². The van der Waals surface area contributed by atoms with Crippen LogP contribution < -0.4 is 10.4 Å². The van der Waals surface area contributed by atoms with E-state index >= 15 is 4.39 Å². The molecule has 0 bridgehead atoms. The van der Waals surface area contributed by atoms with E-state index in [1.165, 1.54) is 11.1 Å². The Morgan fingerprint density at radius 2 is 1.94 bits per heavy atom. The summed E-state index contributed by atoms with van der Waals surface area (Å²) in [5, 5.41) is 24.1. The van der Waals surface area contributed by atoms with Crippen LogP contribution in [0.1, 0.15) is 52.0 Å². The van der Waals surface area contributed by atoms with Crippen LogP contribution in [0.25, 0.3) is 0 Å². The molecule has 0 amide bonds. The normalized spacial score (nSPS) is 40.7. The first-order valence-electron chi connectivity index (χ1n) is 13.1. The number of nitriles is 1. The van der Waals surface area contributed by atoms with Crippen molar-refractivity contribution in [2.75, 3.05) is 5.01 Å². The number of hydrazine groups is 1. The number of benzene rings is 1. The van der Waals surface area contributed by atoms with Gasteiger partial charge < -0.3 is 10.1 Å². The second-order valence-corrected chi connectivity index (χ2v) is 12.0. The van der Waals surface area contributed by atoms with Gasteiger partial charge in [0.25, 0.3) is 0 Å². The lowest BCUT2D eigenvalue weighted by Gasteiger charge is -2.53. The Kier molecular flexibility index (Phi) is 5.76. The Morgan fingerprint density at radius 1 is 1.20 bits per heavy atom. The smallest absolute Gasteiger partial charge is 0.125 e. The van der Waals surface area contributed by atoms with Crippen LogP contribution in [0.5, 0.6) is 0 Å². The van der Waals surface area contributed by atoms with E-state index in [0.29, 0.717) is 11.5 Å². The number of alkyl halides is 1. The van der Waals surface area contributed by atoms with Gasteiger partial charge in [0.2, 0.25) is 0 Å². The number of halogens is 2. The van der Waals surface area contributed by atoms with Gasteiger partial charge in [0.05, 0.1) is 35.4 Å². The highest BCUT2D eigenvalue weighted by Gasteiger charge is 2.64. The summed E-state index contributed by atoms with van der Waals surface area (Å²) in [4.78, 5) is 2.16. The van der Waals surface area contributed by atoms with Crippen LogP contribution in [0.2, 0.25) is 0 Å². The van der Waals surface area contributed by atoms with Gasteiger partial charge in [0, 0.05) is 22.9 Å². The van der Waals surface area contributed by atoms with E-state index in [9.17, 15) is 10.4 Å². The summed E-state index contributed by atoms with van der Waals surface area (Å²) in [5.41, 5.74) is 7.86. The Hall–Kier alpha value is -1.91. The van der Waals surface area contributed by atoms with Crippen molar-refractivity contribution in [3.63, 3.8) is 0 Å². The number of allylic oxidation sites excluding steroid dienone is 2. The van der Waals surface area contributed by atoms with E-state index in [1.807, 2.05) is 31.2 Å². The van der Waals surface area contributed by atoms with E-state index in [1.54, 1.807) is 0 Å². The zero-order valence-corrected chi connectivity index (χ0v) is 21.3. The van der Waals surface area contributed by atoms with E-state index < -0.39 is 12.4 Å². The van der Waals surface area contributed by atoms with E-state index in [2.05, 4.69) is 41.3 Å². The average molecular weight is 497 g/mol. The largest absolute Gasteiger partial charge is 0.377 e. The molecule has 6 rings (SSSR count). The topological polar surface area (TPSA) is 62.5 Å². The fourth-order valence-electron chi connectivity index (χ4n) is 7.81. The molecule has 3 fully saturated rings. The molecule has 8 unspecified atom stereocenters. The molecule has 1 aromatic carbocycles. The molecule has 35 heavy (non-hydrogen) atoms. The van der Waals surface area contributed by atoms with Crippen molar-refractivity contribution < 1.29 is 9.50 Å². The number of aliphatic hydroxyl groups excluding tert-OH is 1. The van der Waals surface area contributed by atoms with Gasteiger partial charge in [-0.3, -0.25) is 4.90 Å². The molecule has 3 aliphatic heterocycles. The van der Waals surface area contributed by atoms with Gasteiger partial charge in [-0.25, -0.2) is 9.82 Å². The molecular weight excluding hydrogens is 463 g/mol. The van der Waals surface area contributed by atoms with E-state index in [-0.39, 0.29) is 41.9 Å². The Balaban J connectivity index is 1.46. The summed E-state index contributed by atoms with van der Waals surface area (Å²) in [6, 6.07) is 9.38. The van der Waals surface area contributed by atoms with Crippen molar-refractivity contribution in [3.05, 3.63) is 52.1 Å². The maximum absolute atomic E-state index is 15.9. The van der Waals surface area contributed by atoms with Crippen molar-refractivity contribution in [3.8, 4) is 6.07 Å². The van der Waals surface area contributed by atoms with Gasteiger partial charge in [-0.2, -0.15) is 5.26 Å². The Morgan fingerprint density at radius 3 is 2.63 bits per heavy atom. The molecule has 5 aliphatic rings. The summed E-state index contributed by atoms with van der Waals surface area (Å²) in [7, 11) is 0. The quantitative estimate of drug-likeness (QED) is 0.611. The summed E-state index contributed by atoms with van der Waals surface area (Å²) in [5.74, 6) is 0.485. The first-order chi connectivity index (χ1) is 16.8. The molecule has 2 saturated heterocycles. The molecule has 2 aliphatic carbocycles. The van der Waals surface area contributed by atoms with Gasteiger partial charge in [-0.1, -0.05) is 32.4 Å². The number of nitrogens with zero attached hydrogens (tertiary/aromatic N) is 3. The van der Waals surface area contributed by atoms with E-state index in [0.717, 1.165) is 36.4 Å². The first kappa shape index (κ1) is 23.5. The molecule has 1 aromatic rings. The third-order valence-electron chi connectivity index (χ3n) is 9.30. The number of aliphatic hydroxyl groups is 1. The third kappa shape index (κ3) is 3.43. The van der Waals surface area contributed by atoms with Crippen molar-refractivity contribution in [2.24, 2.45) is 23.7 Å². The predicted octanol–water partition coefficient (Wildman–Crippen LogP) is 4.87. The molecule has 9 atom stereocenters. The molecule has 0 spiro atoms. The fraction of sp³-hybridized carbons (Fsp3) is 0.607. The molecule has 1 saturated carbocycles. The summed E-state index contributed by atoms with van der Waals surface area (Å²) < 4.78 is 15.9. The Labute approximate surface area is 212 Å². The van der Waals surface area contributed by atoms with Crippen LogP contribution in [0, 0.1) is 35.0 Å². The lowest BCUT2D eigenvalue weighted by molar-refractivity contribution is -0.0855. The lowest BCUT2D eigenvalue weighted by atomic mass is 9.66. The number of fused-ring (bicyclic) bond motifs is 7. The zero-order valence-electron chi connectivity index (χ0n) is 20.5. The minimum absolute atomic E-state index is 0.0147. The highest BCUT2D eigenvalue weighted by molar-refractivity contribution is 6.29. The Bertz CT molecular complexity index is 1110. The second-order valence-electron chi connectivity index (χ2n) is 11.5. The van der Waals surface area contributed by atoms with Crippen LogP contribution in [-0.2, 0) is 0 Å². The molecular formula is C28H34ClFN4O. The summed E-state index contributed by atoms with van der Waals surface area (Å²) in [6.07, 6.45) is 3.88. The zero-order chi connectivity index (χ0) is 24.6. The molecule has 0 radical (unpaired) electrons. The van der Waals surface area contributed by atoms with Crippen LogP contribution in [0.3, 0.4) is 0 Å². The predicted molar refractivity (Wildman–Crippen MR) is 135 cm³/mol.